The monoisotopic (exact) mass is 202 g/mol. The van der Waals surface area contributed by atoms with Crippen molar-refractivity contribution >= 4 is 23.1 Å². The van der Waals surface area contributed by atoms with Crippen molar-refractivity contribution in [3.63, 3.8) is 0 Å². The second kappa shape index (κ2) is 3.74. The molecule has 2 atom stereocenters. The van der Waals surface area contributed by atoms with Gasteiger partial charge < -0.3 is 10.4 Å². The minimum absolute atomic E-state index is 0.223. The Labute approximate surface area is 79.2 Å². The predicted octanol–water partition coefficient (Wildman–Crippen LogP) is 0.568. The Hall–Kier alpha value is -0.100. The highest BCUT2D eigenvalue weighted by Gasteiger charge is 2.26. The van der Waals surface area contributed by atoms with Crippen LogP contribution in [0.5, 0.6) is 0 Å². The highest BCUT2D eigenvalue weighted by atomic mass is 32.2. The first-order valence-electron chi connectivity index (χ1n) is 3.81. The molecule has 0 radical (unpaired) electrons. The highest BCUT2D eigenvalue weighted by molar-refractivity contribution is 8.01. The van der Waals surface area contributed by atoms with Gasteiger partial charge in [-0.2, -0.15) is 0 Å². The van der Waals surface area contributed by atoms with Crippen LogP contribution in [-0.4, -0.2) is 34.5 Å². The molecule has 0 amide bonds. The van der Waals surface area contributed by atoms with Crippen LogP contribution < -0.4 is 5.32 Å². The van der Waals surface area contributed by atoms with E-state index in [1.165, 1.54) is 0 Å². The van der Waals surface area contributed by atoms with E-state index in [2.05, 4.69) is 10.3 Å². The van der Waals surface area contributed by atoms with Crippen LogP contribution in [0.1, 0.15) is 0 Å². The molecule has 0 saturated carbocycles. The molecule has 0 aromatic carbocycles. The van der Waals surface area contributed by atoms with E-state index in [1.54, 1.807) is 29.3 Å². The molecule has 2 rings (SSSR count). The van der Waals surface area contributed by atoms with Crippen molar-refractivity contribution in [3.8, 4) is 0 Å². The largest absolute Gasteiger partial charge is 0.391 e. The topological polar surface area (TPSA) is 45.1 Å². The Balaban J connectivity index is 1.95. The summed E-state index contributed by atoms with van der Waals surface area (Å²) in [7, 11) is 0. The van der Waals surface area contributed by atoms with E-state index >= 15 is 0 Å². The Morgan fingerprint density at radius 2 is 2.58 bits per heavy atom. The summed E-state index contributed by atoms with van der Waals surface area (Å²) in [5, 5.41) is 14.9. The van der Waals surface area contributed by atoms with E-state index in [9.17, 15) is 5.11 Å². The summed E-state index contributed by atoms with van der Waals surface area (Å²) in [6, 6.07) is 0. The summed E-state index contributed by atoms with van der Waals surface area (Å²) < 4.78 is 1.04. The van der Waals surface area contributed by atoms with Crippen molar-refractivity contribution in [2.24, 2.45) is 0 Å². The van der Waals surface area contributed by atoms with Gasteiger partial charge in [-0.05, 0) is 0 Å². The first-order valence-corrected chi connectivity index (χ1v) is 5.57. The molecule has 0 bridgehead atoms. The fourth-order valence-corrected chi connectivity index (χ4v) is 3.11. The molecule has 2 N–H and O–H groups in total. The van der Waals surface area contributed by atoms with Crippen LogP contribution in [0.3, 0.4) is 0 Å². The number of thioether (sulfide) groups is 1. The van der Waals surface area contributed by atoms with Gasteiger partial charge in [0.05, 0.1) is 11.4 Å². The van der Waals surface area contributed by atoms with Gasteiger partial charge in [-0.3, -0.25) is 0 Å². The molecule has 3 nitrogen and oxygen atoms in total. The van der Waals surface area contributed by atoms with E-state index in [0.717, 1.165) is 10.9 Å². The lowest BCUT2D eigenvalue weighted by Crippen LogP contribution is -2.19. The summed E-state index contributed by atoms with van der Waals surface area (Å²) in [6.45, 7) is 1.59. The third-order valence-electron chi connectivity index (χ3n) is 1.79. The SMILES string of the molecule is OC1CNCC1Sc1nccs1. The number of aliphatic hydroxyl groups is 1. The molecule has 2 unspecified atom stereocenters. The summed E-state index contributed by atoms with van der Waals surface area (Å²) in [5.74, 6) is 0. The standard InChI is InChI=1S/C7H10N2OS2/c10-5-3-8-4-6(5)12-7-9-1-2-11-7/h1-2,5-6,8,10H,3-4H2. The lowest BCUT2D eigenvalue weighted by Gasteiger charge is -2.09. The highest BCUT2D eigenvalue weighted by Crippen LogP contribution is 2.28. The molecule has 1 aromatic rings. The van der Waals surface area contributed by atoms with Gasteiger partial charge in [0, 0.05) is 24.7 Å². The van der Waals surface area contributed by atoms with Crippen molar-refractivity contribution < 1.29 is 5.11 Å². The van der Waals surface area contributed by atoms with Crippen molar-refractivity contribution in [3.05, 3.63) is 11.6 Å². The van der Waals surface area contributed by atoms with Crippen LogP contribution >= 0.6 is 23.1 Å². The zero-order valence-corrected chi connectivity index (χ0v) is 8.07. The van der Waals surface area contributed by atoms with E-state index in [4.69, 9.17) is 0 Å². The minimum atomic E-state index is -0.223. The first-order chi connectivity index (χ1) is 5.86. The Kier molecular flexibility index (Phi) is 2.65. The molecular formula is C7H10N2OS2. The number of nitrogens with zero attached hydrogens (tertiary/aromatic N) is 1. The van der Waals surface area contributed by atoms with Gasteiger partial charge in [-0.15, -0.1) is 11.3 Å². The van der Waals surface area contributed by atoms with E-state index in [1.807, 2.05) is 5.38 Å². The molecule has 0 spiro atoms. The molecule has 12 heavy (non-hydrogen) atoms. The van der Waals surface area contributed by atoms with Crippen molar-refractivity contribution in [2.45, 2.75) is 15.7 Å². The molecule has 66 valence electrons. The number of aromatic nitrogens is 1. The lowest BCUT2D eigenvalue weighted by molar-refractivity contribution is 0.201. The van der Waals surface area contributed by atoms with Crippen molar-refractivity contribution in [1.29, 1.82) is 0 Å². The summed E-state index contributed by atoms with van der Waals surface area (Å²) in [5.41, 5.74) is 0. The average Bonchev–Trinajstić information content (AvgIpc) is 2.65. The fourth-order valence-electron chi connectivity index (χ4n) is 1.16. The minimum Gasteiger partial charge on any atom is -0.391 e. The van der Waals surface area contributed by atoms with E-state index in [-0.39, 0.29) is 11.4 Å². The summed E-state index contributed by atoms with van der Waals surface area (Å²) in [4.78, 5) is 4.16. The van der Waals surface area contributed by atoms with Crippen molar-refractivity contribution in [2.75, 3.05) is 13.1 Å². The zero-order chi connectivity index (χ0) is 8.39. The van der Waals surface area contributed by atoms with Gasteiger partial charge in [-0.1, -0.05) is 11.8 Å². The van der Waals surface area contributed by atoms with Gasteiger partial charge >= 0.3 is 0 Å². The quantitative estimate of drug-likeness (QED) is 0.736. The first kappa shape index (κ1) is 8.50. The lowest BCUT2D eigenvalue weighted by atomic mass is 10.3. The maximum Gasteiger partial charge on any atom is 0.150 e. The number of hydrogen-bond acceptors (Lipinski definition) is 5. The number of thiazole rings is 1. The number of nitrogens with one attached hydrogen (secondary N) is 1. The van der Waals surface area contributed by atoms with Crippen LogP contribution in [0.25, 0.3) is 0 Å². The third-order valence-corrected chi connectivity index (χ3v) is 4.02. The maximum absolute atomic E-state index is 9.48. The van der Waals surface area contributed by atoms with E-state index < -0.39 is 0 Å². The van der Waals surface area contributed by atoms with Crippen LogP contribution in [0.4, 0.5) is 0 Å². The maximum atomic E-state index is 9.48. The molecule has 1 saturated heterocycles. The van der Waals surface area contributed by atoms with Gasteiger partial charge in [0.25, 0.3) is 0 Å². The smallest absolute Gasteiger partial charge is 0.150 e. The zero-order valence-electron chi connectivity index (χ0n) is 6.43. The summed E-state index contributed by atoms with van der Waals surface area (Å²) >= 11 is 3.29. The predicted molar refractivity (Wildman–Crippen MR) is 50.6 cm³/mol. The molecular weight excluding hydrogens is 192 g/mol. The van der Waals surface area contributed by atoms with Crippen LogP contribution in [-0.2, 0) is 0 Å². The van der Waals surface area contributed by atoms with Crippen LogP contribution in [0.15, 0.2) is 15.9 Å². The van der Waals surface area contributed by atoms with Gasteiger partial charge in [-0.25, -0.2) is 4.98 Å². The van der Waals surface area contributed by atoms with E-state index in [0.29, 0.717) is 6.54 Å². The molecule has 1 aliphatic rings. The van der Waals surface area contributed by atoms with Gasteiger partial charge in [0.15, 0.2) is 0 Å². The molecule has 0 aliphatic carbocycles. The molecule has 5 heteroatoms. The Bertz CT molecular complexity index is 240. The van der Waals surface area contributed by atoms with Gasteiger partial charge in [0.1, 0.15) is 4.34 Å². The Morgan fingerprint density at radius 3 is 3.17 bits per heavy atom. The van der Waals surface area contributed by atoms with Crippen LogP contribution in [0, 0.1) is 0 Å². The average molecular weight is 202 g/mol. The molecule has 2 heterocycles. The molecule has 1 aromatic heterocycles. The van der Waals surface area contributed by atoms with Crippen molar-refractivity contribution in [1.82, 2.24) is 10.3 Å². The molecule has 1 fully saturated rings. The number of rotatable bonds is 2. The Morgan fingerprint density at radius 1 is 1.67 bits per heavy atom. The molecule has 1 aliphatic heterocycles. The number of hydrogen-bond donors (Lipinski definition) is 2. The summed E-state index contributed by atoms with van der Waals surface area (Å²) in [6.07, 6.45) is 1.57. The van der Waals surface area contributed by atoms with Gasteiger partial charge in [0.2, 0.25) is 0 Å². The fraction of sp³-hybridized carbons (Fsp3) is 0.571. The number of β-amino-alcohol motifs (C(OH)–C–C–N with tert-alkyl or cyclic N) is 1. The number of aliphatic hydroxyl groups excluding tert-OH is 1. The second-order valence-electron chi connectivity index (χ2n) is 2.68. The van der Waals surface area contributed by atoms with Crippen LogP contribution in [0.2, 0.25) is 0 Å². The second-order valence-corrected chi connectivity index (χ2v) is 5.06. The normalized spacial score (nSPS) is 29.4. The third kappa shape index (κ3) is 1.80.